The molecule has 3 rings (SSSR count). The maximum Gasteiger partial charge on any atom is 0.152 e. The van der Waals surface area contributed by atoms with Crippen LogP contribution in [0.2, 0.25) is 5.02 Å². The van der Waals surface area contributed by atoms with Crippen LogP contribution < -0.4 is 0 Å². The van der Waals surface area contributed by atoms with Crippen LogP contribution in [-0.4, -0.2) is 22.7 Å². The minimum absolute atomic E-state index is 0.0888. The molecule has 4 nitrogen and oxygen atoms in total. The van der Waals surface area contributed by atoms with Crippen molar-refractivity contribution < 1.29 is 14.7 Å². The molecule has 0 spiro atoms. The van der Waals surface area contributed by atoms with Crippen molar-refractivity contribution in [2.75, 3.05) is 0 Å². The molecule has 1 heterocycles. The smallest absolute Gasteiger partial charge is 0.152 e. The van der Waals surface area contributed by atoms with Crippen molar-refractivity contribution in [1.29, 1.82) is 0 Å². The summed E-state index contributed by atoms with van der Waals surface area (Å²) < 4.78 is 0.904. The van der Waals surface area contributed by atoms with Gasteiger partial charge in [0.25, 0.3) is 0 Å². The van der Waals surface area contributed by atoms with E-state index >= 15 is 0 Å². The van der Waals surface area contributed by atoms with Crippen molar-refractivity contribution in [1.82, 2.24) is 4.98 Å². The topological polar surface area (TPSA) is 70.2 Å². The number of nitrogens with one attached hydrogen (secondary N) is 1. The van der Waals surface area contributed by atoms with Crippen molar-refractivity contribution in [3.05, 3.63) is 51.0 Å². The molecule has 110 valence electrons. The number of carbonyl (C=O) groups excluding carboxylic acids is 2. The fourth-order valence-corrected chi connectivity index (χ4v) is 2.92. The molecule has 0 atom stereocenters. The highest BCUT2D eigenvalue weighted by atomic mass is 79.9. The second-order valence-corrected chi connectivity index (χ2v) is 6.00. The summed E-state index contributed by atoms with van der Waals surface area (Å²) in [6.45, 7) is 0. The maximum absolute atomic E-state index is 11.2. The van der Waals surface area contributed by atoms with Crippen molar-refractivity contribution in [2.45, 2.75) is 0 Å². The molecule has 0 amide bonds. The van der Waals surface area contributed by atoms with E-state index in [2.05, 4.69) is 20.9 Å². The molecule has 0 aliphatic heterocycles. The van der Waals surface area contributed by atoms with Crippen molar-refractivity contribution in [3.8, 4) is 17.0 Å². The van der Waals surface area contributed by atoms with Gasteiger partial charge in [-0.2, -0.15) is 0 Å². The third-order valence-electron chi connectivity index (χ3n) is 3.43. The lowest BCUT2D eigenvalue weighted by Crippen LogP contribution is -1.89. The van der Waals surface area contributed by atoms with Crippen LogP contribution in [0.5, 0.6) is 5.75 Å². The van der Waals surface area contributed by atoms with Crippen LogP contribution in [0.3, 0.4) is 0 Å². The average molecular weight is 379 g/mol. The zero-order valence-electron chi connectivity index (χ0n) is 11.1. The van der Waals surface area contributed by atoms with Crippen LogP contribution in [0.1, 0.15) is 20.7 Å². The van der Waals surface area contributed by atoms with E-state index in [-0.39, 0.29) is 27.3 Å². The standard InChI is InChI=1S/C16H9BrClNO3/c17-11-3-1-8(2-4-11)15-16(22)12-13(18)9(6-20)5-10(7-21)14(12)19-15/h1-7,19,22H. The lowest BCUT2D eigenvalue weighted by Gasteiger charge is -2.02. The Morgan fingerprint density at radius 2 is 1.73 bits per heavy atom. The highest BCUT2D eigenvalue weighted by molar-refractivity contribution is 9.10. The van der Waals surface area contributed by atoms with Crippen LogP contribution in [0.15, 0.2) is 34.8 Å². The molecule has 6 heteroatoms. The summed E-state index contributed by atoms with van der Waals surface area (Å²) in [5.41, 5.74) is 2.00. The predicted molar refractivity (Wildman–Crippen MR) is 88.9 cm³/mol. The number of hydrogen-bond donors (Lipinski definition) is 2. The Kier molecular flexibility index (Phi) is 3.76. The number of fused-ring (bicyclic) bond motifs is 1. The molecule has 0 unspecified atom stereocenters. The Bertz CT molecular complexity index is 900. The van der Waals surface area contributed by atoms with Gasteiger partial charge in [-0.1, -0.05) is 39.7 Å². The van der Waals surface area contributed by atoms with Crippen LogP contribution >= 0.6 is 27.5 Å². The Balaban J connectivity index is 2.37. The number of benzene rings is 2. The Labute approximate surface area is 138 Å². The van der Waals surface area contributed by atoms with Gasteiger partial charge in [0.1, 0.15) is 0 Å². The molecule has 0 saturated heterocycles. The SMILES string of the molecule is O=Cc1cc(C=O)c2[nH]c(-c3ccc(Br)cc3)c(O)c2c1Cl. The minimum Gasteiger partial charge on any atom is -0.505 e. The van der Waals surface area contributed by atoms with Gasteiger partial charge in [-0.25, -0.2) is 0 Å². The first-order valence-corrected chi connectivity index (χ1v) is 7.47. The maximum atomic E-state index is 11.2. The molecule has 0 aliphatic rings. The summed E-state index contributed by atoms with van der Waals surface area (Å²) in [4.78, 5) is 25.3. The van der Waals surface area contributed by atoms with Gasteiger partial charge in [0.15, 0.2) is 18.3 Å². The third-order valence-corrected chi connectivity index (χ3v) is 4.37. The monoisotopic (exact) mass is 377 g/mol. The number of carbonyl (C=O) groups is 2. The molecule has 0 saturated carbocycles. The Morgan fingerprint density at radius 1 is 1.09 bits per heavy atom. The Hall–Kier alpha value is -2.11. The number of halogens is 2. The molecular weight excluding hydrogens is 370 g/mol. The van der Waals surface area contributed by atoms with Gasteiger partial charge in [-0.05, 0) is 18.2 Å². The van der Waals surface area contributed by atoms with Crippen LogP contribution in [0.25, 0.3) is 22.2 Å². The lowest BCUT2D eigenvalue weighted by atomic mass is 10.1. The zero-order valence-corrected chi connectivity index (χ0v) is 13.4. The van der Waals surface area contributed by atoms with Gasteiger partial charge in [-0.15, -0.1) is 0 Å². The van der Waals surface area contributed by atoms with E-state index in [9.17, 15) is 14.7 Å². The molecule has 22 heavy (non-hydrogen) atoms. The van der Waals surface area contributed by atoms with Gasteiger partial charge < -0.3 is 10.1 Å². The fraction of sp³-hybridized carbons (Fsp3) is 0. The van der Waals surface area contributed by atoms with Gasteiger partial charge >= 0.3 is 0 Å². The van der Waals surface area contributed by atoms with Crippen LogP contribution in [0, 0.1) is 0 Å². The first-order valence-electron chi connectivity index (χ1n) is 6.30. The van der Waals surface area contributed by atoms with E-state index in [1.54, 1.807) is 0 Å². The largest absolute Gasteiger partial charge is 0.505 e. The highest BCUT2D eigenvalue weighted by Crippen LogP contribution is 2.42. The fourth-order valence-electron chi connectivity index (χ4n) is 2.37. The number of aromatic nitrogens is 1. The van der Waals surface area contributed by atoms with E-state index in [4.69, 9.17) is 11.6 Å². The molecule has 0 radical (unpaired) electrons. The average Bonchev–Trinajstić information content (AvgIpc) is 2.87. The number of hydrogen-bond acceptors (Lipinski definition) is 3. The summed E-state index contributed by atoms with van der Waals surface area (Å²) in [5.74, 6) is -0.0888. The van der Waals surface area contributed by atoms with E-state index in [0.29, 0.717) is 23.8 Å². The summed E-state index contributed by atoms with van der Waals surface area (Å²) in [6.07, 6.45) is 1.17. The number of H-pyrrole nitrogens is 1. The van der Waals surface area contributed by atoms with Gasteiger partial charge in [-0.3, -0.25) is 9.59 Å². The van der Waals surface area contributed by atoms with Gasteiger partial charge in [0.05, 0.1) is 21.6 Å². The van der Waals surface area contributed by atoms with E-state index < -0.39 is 0 Å². The lowest BCUT2D eigenvalue weighted by molar-refractivity contribution is 0.112. The quantitative estimate of drug-likeness (QED) is 0.655. The van der Waals surface area contributed by atoms with Gasteiger partial charge in [0, 0.05) is 21.2 Å². The summed E-state index contributed by atoms with van der Waals surface area (Å²) >= 11 is 9.51. The van der Waals surface area contributed by atoms with Crippen LogP contribution in [0.4, 0.5) is 0 Å². The summed E-state index contributed by atoms with van der Waals surface area (Å²) in [5, 5.41) is 10.9. The minimum atomic E-state index is -0.0888. The number of aromatic amines is 1. The third kappa shape index (κ3) is 2.23. The highest BCUT2D eigenvalue weighted by Gasteiger charge is 2.20. The second-order valence-electron chi connectivity index (χ2n) is 4.71. The molecule has 0 aliphatic carbocycles. The number of aldehydes is 2. The first-order chi connectivity index (χ1) is 10.6. The second kappa shape index (κ2) is 5.59. The Morgan fingerprint density at radius 3 is 2.32 bits per heavy atom. The van der Waals surface area contributed by atoms with Crippen molar-refractivity contribution >= 4 is 51.0 Å². The first kappa shape index (κ1) is 14.8. The van der Waals surface area contributed by atoms with Crippen molar-refractivity contribution in [3.63, 3.8) is 0 Å². The molecular formula is C16H9BrClNO3. The molecule has 3 aromatic rings. The van der Waals surface area contributed by atoms with E-state index in [1.165, 1.54) is 6.07 Å². The molecule has 1 aromatic heterocycles. The number of aromatic hydroxyl groups is 1. The normalized spacial score (nSPS) is 10.8. The molecule has 2 N–H and O–H groups in total. The number of rotatable bonds is 3. The molecule has 2 aromatic carbocycles. The summed E-state index contributed by atoms with van der Waals surface area (Å²) in [6, 6.07) is 8.68. The molecule has 0 bridgehead atoms. The zero-order chi connectivity index (χ0) is 15.9. The summed E-state index contributed by atoms with van der Waals surface area (Å²) in [7, 11) is 0. The molecule has 0 fully saturated rings. The van der Waals surface area contributed by atoms with E-state index in [0.717, 1.165) is 10.0 Å². The van der Waals surface area contributed by atoms with Crippen molar-refractivity contribution in [2.24, 2.45) is 0 Å². The predicted octanol–water partition coefficient (Wildman–Crippen LogP) is 4.58. The van der Waals surface area contributed by atoms with E-state index in [1.807, 2.05) is 24.3 Å². The van der Waals surface area contributed by atoms with Gasteiger partial charge in [0.2, 0.25) is 0 Å². The van der Waals surface area contributed by atoms with Crippen LogP contribution in [-0.2, 0) is 0 Å².